The second kappa shape index (κ2) is 8.38. The molecule has 0 bridgehead atoms. The lowest BCUT2D eigenvalue weighted by Crippen LogP contribution is -2.23. The van der Waals surface area contributed by atoms with E-state index in [1.165, 1.54) is 6.07 Å². The van der Waals surface area contributed by atoms with Gasteiger partial charge in [0.2, 0.25) is 0 Å². The number of amides is 1. The topological polar surface area (TPSA) is 51.2 Å². The molecule has 0 aliphatic rings. The van der Waals surface area contributed by atoms with Gasteiger partial charge in [-0.05, 0) is 30.3 Å². The third-order valence-corrected chi connectivity index (χ3v) is 3.88. The maximum Gasteiger partial charge on any atom is 0.251 e. The number of carbonyl (C=O) groups is 1. The van der Waals surface area contributed by atoms with Crippen molar-refractivity contribution in [3.63, 3.8) is 0 Å². The highest BCUT2D eigenvalue weighted by molar-refractivity contribution is 5.97. The molecule has 1 amide bonds. The summed E-state index contributed by atoms with van der Waals surface area (Å²) in [5.74, 6) is -0.796. The molecule has 0 unspecified atom stereocenters. The zero-order valence-electron chi connectivity index (χ0n) is 14.0. The van der Waals surface area contributed by atoms with E-state index in [2.05, 4.69) is 10.3 Å². The van der Waals surface area contributed by atoms with Crippen LogP contribution in [0.15, 0.2) is 54.7 Å². The maximum atomic E-state index is 14.4. The number of aromatic nitrogens is 1. The normalized spacial score (nSPS) is 10.7. The number of nitrogens with one attached hydrogen (secondary N) is 1. The molecule has 3 aromatic rings. The van der Waals surface area contributed by atoms with Crippen molar-refractivity contribution in [2.75, 3.05) is 13.3 Å². The number of pyridine rings is 1. The minimum absolute atomic E-state index is 0.0239. The van der Waals surface area contributed by atoms with Crippen LogP contribution in [-0.4, -0.2) is 24.2 Å². The minimum atomic E-state index is -0.547. The number of hydrogen-bond acceptors (Lipinski definition) is 3. The number of halogens is 2. The first-order chi connectivity index (χ1) is 12.7. The molecular formula is C20H18F2N2O2. The van der Waals surface area contributed by atoms with Crippen LogP contribution < -0.4 is 10.1 Å². The zero-order chi connectivity index (χ0) is 18.4. The van der Waals surface area contributed by atoms with Crippen LogP contribution >= 0.6 is 0 Å². The molecule has 26 heavy (non-hydrogen) atoms. The van der Waals surface area contributed by atoms with Gasteiger partial charge in [-0.3, -0.25) is 14.2 Å². The Morgan fingerprint density at radius 1 is 1.15 bits per heavy atom. The molecule has 0 spiro atoms. The van der Waals surface area contributed by atoms with Gasteiger partial charge >= 0.3 is 0 Å². The molecule has 1 N–H and O–H groups in total. The Bertz CT molecular complexity index is 915. The van der Waals surface area contributed by atoms with Crippen molar-refractivity contribution in [1.29, 1.82) is 0 Å². The molecule has 134 valence electrons. The van der Waals surface area contributed by atoms with E-state index in [1.807, 2.05) is 6.07 Å². The fourth-order valence-corrected chi connectivity index (χ4v) is 2.54. The van der Waals surface area contributed by atoms with Gasteiger partial charge in [0.25, 0.3) is 5.91 Å². The highest BCUT2D eigenvalue weighted by Gasteiger charge is 2.12. The summed E-state index contributed by atoms with van der Waals surface area (Å²) >= 11 is 0. The van der Waals surface area contributed by atoms with Crippen molar-refractivity contribution in [2.24, 2.45) is 0 Å². The highest BCUT2D eigenvalue weighted by Crippen LogP contribution is 2.21. The summed E-state index contributed by atoms with van der Waals surface area (Å²) < 4.78 is 31.7. The molecule has 0 aliphatic carbocycles. The quantitative estimate of drug-likeness (QED) is 0.650. The Labute approximate surface area is 149 Å². The Hall–Kier alpha value is -3.02. The molecule has 1 aromatic heterocycles. The van der Waals surface area contributed by atoms with Crippen molar-refractivity contribution in [3.05, 3.63) is 71.7 Å². The van der Waals surface area contributed by atoms with Crippen LogP contribution in [0.25, 0.3) is 10.9 Å². The van der Waals surface area contributed by atoms with E-state index >= 15 is 0 Å². The smallest absolute Gasteiger partial charge is 0.251 e. The number of fused-ring (bicyclic) bond motifs is 1. The largest absolute Gasteiger partial charge is 0.490 e. The van der Waals surface area contributed by atoms with Crippen LogP contribution in [0.1, 0.15) is 22.3 Å². The van der Waals surface area contributed by atoms with Gasteiger partial charge in [-0.15, -0.1) is 0 Å². The van der Waals surface area contributed by atoms with E-state index < -0.39 is 12.5 Å². The average Bonchev–Trinajstić information content (AvgIpc) is 2.68. The molecule has 6 heteroatoms. The molecule has 4 nitrogen and oxygen atoms in total. The van der Waals surface area contributed by atoms with Gasteiger partial charge in [-0.1, -0.05) is 18.2 Å². The lowest BCUT2D eigenvalue weighted by Gasteiger charge is -2.11. The van der Waals surface area contributed by atoms with E-state index in [0.717, 1.165) is 10.9 Å². The number of rotatable bonds is 7. The molecule has 0 atom stereocenters. The highest BCUT2D eigenvalue weighted by atomic mass is 19.1. The first-order valence-electron chi connectivity index (χ1n) is 8.28. The predicted molar refractivity (Wildman–Crippen MR) is 95.4 cm³/mol. The van der Waals surface area contributed by atoms with Crippen molar-refractivity contribution < 1.29 is 18.3 Å². The number of carbonyl (C=O) groups excluding carboxylic acids is 1. The van der Waals surface area contributed by atoms with Crippen LogP contribution in [-0.2, 0) is 6.54 Å². The molecular weight excluding hydrogens is 338 g/mol. The second-order valence-electron chi connectivity index (χ2n) is 5.71. The van der Waals surface area contributed by atoms with Gasteiger partial charge in [0.15, 0.2) is 11.6 Å². The Morgan fingerprint density at radius 2 is 2.04 bits per heavy atom. The van der Waals surface area contributed by atoms with E-state index in [9.17, 15) is 13.6 Å². The van der Waals surface area contributed by atoms with Crippen molar-refractivity contribution in [3.8, 4) is 5.75 Å². The van der Waals surface area contributed by atoms with E-state index in [1.54, 1.807) is 42.6 Å². The van der Waals surface area contributed by atoms with Gasteiger partial charge in [-0.25, -0.2) is 4.39 Å². The van der Waals surface area contributed by atoms with E-state index in [0.29, 0.717) is 11.1 Å². The second-order valence-corrected chi connectivity index (χ2v) is 5.71. The van der Waals surface area contributed by atoms with Gasteiger partial charge in [0.05, 0.1) is 18.8 Å². The zero-order valence-corrected chi connectivity index (χ0v) is 14.0. The number of ether oxygens (including phenoxy) is 1. The first kappa shape index (κ1) is 17.8. The molecule has 0 aliphatic heterocycles. The minimum Gasteiger partial charge on any atom is -0.490 e. The fourth-order valence-electron chi connectivity index (χ4n) is 2.54. The third-order valence-electron chi connectivity index (χ3n) is 3.88. The van der Waals surface area contributed by atoms with Crippen LogP contribution in [0.4, 0.5) is 8.78 Å². The third kappa shape index (κ3) is 4.14. The van der Waals surface area contributed by atoms with Crippen LogP contribution in [0, 0.1) is 5.82 Å². The monoisotopic (exact) mass is 356 g/mol. The SMILES string of the molecule is O=C(NCc1cccc(OCCCF)c1F)c1ccc2ncccc2c1. The summed E-state index contributed by atoms with van der Waals surface area (Å²) in [7, 11) is 0. The van der Waals surface area contributed by atoms with Crippen molar-refractivity contribution in [1.82, 2.24) is 10.3 Å². The molecule has 0 radical (unpaired) electrons. The summed E-state index contributed by atoms with van der Waals surface area (Å²) in [4.78, 5) is 16.6. The standard InChI is InChI=1S/C20H18F2N2O2/c21-9-3-11-26-18-6-1-4-16(19(18)22)13-24-20(25)15-7-8-17-14(12-15)5-2-10-23-17/h1-2,4-8,10,12H,3,9,11,13H2,(H,24,25). The average molecular weight is 356 g/mol. The summed E-state index contributed by atoms with van der Waals surface area (Å²) in [6.07, 6.45) is 1.89. The lowest BCUT2D eigenvalue weighted by atomic mass is 10.1. The maximum absolute atomic E-state index is 14.4. The molecule has 0 saturated carbocycles. The molecule has 3 rings (SSSR count). The summed E-state index contributed by atoms with van der Waals surface area (Å²) in [6.45, 7) is -0.386. The summed E-state index contributed by atoms with van der Waals surface area (Å²) in [6, 6.07) is 13.5. The van der Waals surface area contributed by atoms with Gasteiger partial charge in [0.1, 0.15) is 0 Å². The molecule has 2 aromatic carbocycles. The number of alkyl halides is 1. The first-order valence-corrected chi connectivity index (χ1v) is 8.28. The van der Waals surface area contributed by atoms with Gasteiger partial charge in [-0.2, -0.15) is 0 Å². The van der Waals surface area contributed by atoms with Crippen LogP contribution in [0.3, 0.4) is 0 Å². The van der Waals surface area contributed by atoms with Crippen molar-refractivity contribution in [2.45, 2.75) is 13.0 Å². The molecule has 0 saturated heterocycles. The van der Waals surface area contributed by atoms with Gasteiger partial charge < -0.3 is 10.1 Å². The Kier molecular flexibility index (Phi) is 5.73. The Morgan fingerprint density at radius 3 is 2.88 bits per heavy atom. The number of benzene rings is 2. The summed E-state index contributed by atoms with van der Waals surface area (Å²) in [5.41, 5.74) is 1.58. The number of nitrogens with zero attached hydrogens (tertiary/aromatic N) is 1. The van der Waals surface area contributed by atoms with E-state index in [-0.39, 0.29) is 31.2 Å². The number of hydrogen-bond donors (Lipinski definition) is 1. The Balaban J connectivity index is 1.67. The predicted octanol–water partition coefficient (Wildman–Crippen LogP) is 4.04. The molecule has 0 fully saturated rings. The lowest BCUT2D eigenvalue weighted by molar-refractivity contribution is 0.0950. The van der Waals surface area contributed by atoms with E-state index in [4.69, 9.17) is 4.74 Å². The van der Waals surface area contributed by atoms with Gasteiger partial charge in [0, 0.05) is 35.7 Å². The van der Waals surface area contributed by atoms with Crippen LogP contribution in [0.2, 0.25) is 0 Å². The molecule has 1 heterocycles. The van der Waals surface area contributed by atoms with Crippen LogP contribution in [0.5, 0.6) is 5.75 Å². The van der Waals surface area contributed by atoms with Crippen molar-refractivity contribution >= 4 is 16.8 Å². The fraction of sp³-hybridized carbons (Fsp3) is 0.200. The summed E-state index contributed by atoms with van der Waals surface area (Å²) in [5, 5.41) is 3.56.